The summed E-state index contributed by atoms with van der Waals surface area (Å²) >= 11 is 0. The summed E-state index contributed by atoms with van der Waals surface area (Å²) in [6, 6.07) is 0. The predicted octanol–water partition coefficient (Wildman–Crippen LogP) is 29.4. The summed E-state index contributed by atoms with van der Waals surface area (Å²) in [5.41, 5.74) is 0. The van der Waals surface area contributed by atoms with Gasteiger partial charge in [0.1, 0.15) is 25.4 Å². The summed E-state index contributed by atoms with van der Waals surface area (Å²) in [5, 5.41) is 20.7. The number of phosphoric acid groups is 2. The van der Waals surface area contributed by atoms with Gasteiger partial charge in [-0.3, -0.25) is 32.5 Å². The molecule has 4 N–H and O–H groups in total. The molecule has 5 unspecified atom stereocenters. The molecule has 0 spiro atoms. The number of unbranched alkanes of at least 4 members (excludes halogenated alkanes) is 38. The Morgan fingerprint density at radius 3 is 0.706 bits per heavy atom. The van der Waals surface area contributed by atoms with Crippen LogP contribution in [0.25, 0.3) is 0 Å². The average Bonchev–Trinajstić information content (AvgIpc) is 0.924. The minimum absolute atomic E-state index is 0.0852. The van der Waals surface area contributed by atoms with E-state index in [0.29, 0.717) is 19.3 Å². The Hall–Kier alpha value is -5.09. The van der Waals surface area contributed by atoms with Gasteiger partial charge in [-0.2, -0.15) is 0 Å². The monoisotopic (exact) mass is 1700 g/mol. The summed E-state index contributed by atoms with van der Waals surface area (Å²) in [4.78, 5) is 59.0. The number of carbonyl (C=O) groups excluding carboxylic acids is 3. The molecule has 0 heterocycles. The van der Waals surface area contributed by atoms with Gasteiger partial charge in [-0.25, -0.2) is 9.13 Å². The molecule has 0 rings (SSSR count). The van der Waals surface area contributed by atoms with Gasteiger partial charge in [0.15, 0.2) is 6.10 Å². The van der Waals surface area contributed by atoms with Crippen LogP contribution in [-0.4, -0.2) is 95.9 Å². The van der Waals surface area contributed by atoms with E-state index in [4.69, 9.17) is 32.3 Å². The van der Waals surface area contributed by atoms with Crippen molar-refractivity contribution in [2.75, 3.05) is 39.6 Å². The van der Waals surface area contributed by atoms with Gasteiger partial charge in [-0.05, 0) is 154 Å². The third-order valence-corrected chi connectivity index (χ3v) is 21.8. The first-order chi connectivity index (χ1) is 58.2. The van der Waals surface area contributed by atoms with Gasteiger partial charge >= 0.3 is 33.6 Å². The van der Waals surface area contributed by atoms with Crippen LogP contribution in [0.3, 0.4) is 0 Å². The lowest BCUT2D eigenvalue weighted by Crippen LogP contribution is -2.30. The van der Waals surface area contributed by atoms with E-state index in [-0.39, 0.29) is 19.3 Å². The minimum Gasteiger partial charge on any atom is -0.463 e. The first-order valence-electron chi connectivity index (χ1n) is 47.4. The third-order valence-electron chi connectivity index (χ3n) is 19.9. The van der Waals surface area contributed by atoms with E-state index in [1.165, 1.54) is 161 Å². The smallest absolute Gasteiger partial charge is 0.463 e. The van der Waals surface area contributed by atoms with E-state index in [2.05, 4.69) is 191 Å². The molecular formula is C101H172O16P2. The molecule has 0 bridgehead atoms. The van der Waals surface area contributed by atoms with Crippen LogP contribution < -0.4 is 0 Å². The first kappa shape index (κ1) is 114. The van der Waals surface area contributed by atoms with Crippen molar-refractivity contribution in [1.82, 2.24) is 0 Å². The fourth-order valence-corrected chi connectivity index (χ4v) is 14.4. The van der Waals surface area contributed by atoms with Gasteiger partial charge in [-0.15, -0.1) is 0 Å². The molecule has 0 aromatic heterocycles. The van der Waals surface area contributed by atoms with Gasteiger partial charge in [0.2, 0.25) is 0 Å². The highest BCUT2D eigenvalue weighted by Gasteiger charge is 2.30. The minimum atomic E-state index is -4.95. The number of phosphoric ester groups is 2. The third kappa shape index (κ3) is 93.5. The maximum Gasteiger partial charge on any atom is 0.472 e. The molecule has 0 radical (unpaired) electrons. The van der Waals surface area contributed by atoms with E-state index >= 15 is 0 Å². The molecule has 0 amide bonds. The quantitative estimate of drug-likeness (QED) is 0.0146. The summed E-state index contributed by atoms with van der Waals surface area (Å²) in [5.74, 6) is -1.58. The van der Waals surface area contributed by atoms with E-state index in [0.717, 1.165) is 173 Å². The summed E-state index contributed by atoms with van der Waals surface area (Å²) in [7, 11) is -9.82. The first-order valence-corrected chi connectivity index (χ1v) is 50.4. The number of hydrogen-bond acceptors (Lipinski definition) is 14. The second-order valence-corrected chi connectivity index (χ2v) is 34.3. The van der Waals surface area contributed by atoms with Gasteiger partial charge in [0.05, 0.1) is 26.4 Å². The zero-order chi connectivity index (χ0) is 86.5. The maximum atomic E-state index is 13.1. The number of rotatable bonds is 89. The highest BCUT2D eigenvalue weighted by Crippen LogP contribution is 2.45. The van der Waals surface area contributed by atoms with Crippen LogP contribution in [0.15, 0.2) is 170 Å². The Kier molecular flexibility index (Phi) is 88.2. The van der Waals surface area contributed by atoms with Crippen LogP contribution in [0.5, 0.6) is 0 Å². The molecule has 119 heavy (non-hydrogen) atoms. The van der Waals surface area contributed by atoms with Crippen LogP contribution >= 0.6 is 15.6 Å². The van der Waals surface area contributed by atoms with Gasteiger partial charge in [-0.1, -0.05) is 390 Å². The Labute approximate surface area is 726 Å². The number of carbonyl (C=O) groups is 3. The normalized spacial score (nSPS) is 14.5. The number of esters is 3. The molecule has 0 aliphatic carbocycles. The van der Waals surface area contributed by atoms with Crippen molar-refractivity contribution in [2.45, 2.75) is 411 Å². The molecule has 0 aliphatic rings. The molecule has 0 saturated carbocycles. The van der Waals surface area contributed by atoms with Crippen molar-refractivity contribution in [3.63, 3.8) is 0 Å². The molecule has 682 valence electrons. The van der Waals surface area contributed by atoms with Gasteiger partial charge < -0.3 is 34.2 Å². The fraction of sp³-hybridized carbons (Fsp3) is 0.693. The number of allylic oxidation sites excluding steroid dienone is 28. The Morgan fingerprint density at radius 1 is 0.244 bits per heavy atom. The molecule has 0 aromatic carbocycles. The lowest BCUT2D eigenvalue weighted by molar-refractivity contribution is -0.161. The van der Waals surface area contributed by atoms with Crippen LogP contribution in [-0.2, 0) is 55.8 Å². The second-order valence-electron chi connectivity index (χ2n) is 31.4. The van der Waals surface area contributed by atoms with E-state index in [1.807, 2.05) is 0 Å². The van der Waals surface area contributed by atoms with Crippen molar-refractivity contribution < 1.29 is 75.8 Å². The Morgan fingerprint density at radius 2 is 0.445 bits per heavy atom. The van der Waals surface area contributed by atoms with E-state index in [1.54, 1.807) is 0 Å². The molecule has 5 atom stereocenters. The average molecular weight is 1700 g/mol. The van der Waals surface area contributed by atoms with Crippen LogP contribution in [0, 0.1) is 0 Å². The van der Waals surface area contributed by atoms with Crippen molar-refractivity contribution >= 4 is 33.6 Å². The van der Waals surface area contributed by atoms with Crippen LogP contribution in [0.2, 0.25) is 0 Å². The van der Waals surface area contributed by atoms with Gasteiger partial charge in [0, 0.05) is 19.3 Å². The van der Waals surface area contributed by atoms with E-state index < -0.39 is 91.5 Å². The molecule has 18 heteroatoms. The molecule has 0 aromatic rings. The summed E-state index contributed by atoms with van der Waals surface area (Å²) in [6.45, 7) is 2.46. The summed E-state index contributed by atoms with van der Waals surface area (Å²) < 4.78 is 61.5. The topological polar surface area (TPSA) is 231 Å². The van der Waals surface area contributed by atoms with Crippen LogP contribution in [0.1, 0.15) is 393 Å². The maximum absolute atomic E-state index is 13.1. The number of ether oxygens (including phenoxy) is 3. The van der Waals surface area contributed by atoms with Gasteiger partial charge in [0.25, 0.3) is 0 Å². The molecule has 0 aliphatic heterocycles. The molecule has 16 nitrogen and oxygen atoms in total. The standard InChI is InChI=1S/C101H172O16P2/c1-4-7-10-13-16-19-22-25-28-31-34-36-38-40-42-44-45-46-47-48-49-51-53-54-56-58-61-63-66-69-72-75-78-81-84-87-99(104)111-90-96(102)91-113-118(107,108)114-92-97(103)93-115-119(109,110)116-95-98(117-101(106)89-86-83-80-77-74-71-68-65-60-33-30-27-24-21-18-15-12-9-6-3)94-112-100(105)88-85-82-79-76-73-70-67-64-62-59-57-55-52-50-43-41-39-37-35-32-29-26-23-20-17-14-11-8-5-2/h7,9-10,12,16-21,25-30,34-37,40-43,45-46,60,65,96-98,102-103H,4-6,8,11,13-15,22-24,31-33,38-39,44,47-59,61-64,66-95H2,1-3H3,(H,107,108)(H,109,110)/b10-7-,12-9-,19-16-,20-17-,21-18-,28-25-,29-26-,30-27-,36-34-,37-35-,42-40-,43-41-,46-45-,65-60-. The van der Waals surface area contributed by atoms with Crippen molar-refractivity contribution in [1.29, 1.82) is 0 Å². The highest BCUT2D eigenvalue weighted by atomic mass is 31.2. The second kappa shape index (κ2) is 92.1. The SMILES string of the molecule is CC/C=C\C/C=C\C/C=C\C/C=C\C/C=C\C/C=C\CCCCCCCCCCCCCCCCCCC(=O)OCC(O)COP(=O)(O)OCC(O)COP(=O)(O)OCC(COC(=O)CCCCCCCCCCCCCCC/C=C\C/C=C\C/C=C\C/C=C\CCCCC)OC(=O)CCCCCCCC/C=C\C/C=C\C/C=C\C/C=C\CC. The zero-order valence-electron chi connectivity index (χ0n) is 75.2. The predicted molar refractivity (Wildman–Crippen MR) is 500 cm³/mol. The van der Waals surface area contributed by atoms with Crippen molar-refractivity contribution in [2.24, 2.45) is 0 Å². The molecule has 0 fully saturated rings. The number of aliphatic hydroxyl groups is 2. The van der Waals surface area contributed by atoms with Crippen molar-refractivity contribution in [3.8, 4) is 0 Å². The lowest BCUT2D eigenvalue weighted by atomic mass is 10.0. The van der Waals surface area contributed by atoms with Crippen LogP contribution in [0.4, 0.5) is 0 Å². The van der Waals surface area contributed by atoms with E-state index in [9.17, 15) is 43.5 Å². The molecular weight excluding hydrogens is 1530 g/mol. The largest absolute Gasteiger partial charge is 0.472 e. The zero-order valence-corrected chi connectivity index (χ0v) is 77.0. The molecule has 0 saturated heterocycles. The number of hydrogen-bond donors (Lipinski definition) is 4. The number of aliphatic hydroxyl groups excluding tert-OH is 2. The van der Waals surface area contributed by atoms with Crippen molar-refractivity contribution in [3.05, 3.63) is 170 Å². The lowest BCUT2D eigenvalue weighted by Gasteiger charge is -2.21. The summed E-state index contributed by atoms with van der Waals surface area (Å²) in [6.07, 6.45) is 120. The Balaban J connectivity index is 4.52. The Bertz CT molecular complexity index is 2840. The fourth-order valence-electron chi connectivity index (χ4n) is 12.8. The highest BCUT2D eigenvalue weighted by molar-refractivity contribution is 7.47.